The summed E-state index contributed by atoms with van der Waals surface area (Å²) in [4.78, 5) is 27.3. The van der Waals surface area contributed by atoms with Crippen molar-refractivity contribution in [2.75, 3.05) is 26.0 Å². The fourth-order valence-corrected chi connectivity index (χ4v) is 5.00. The van der Waals surface area contributed by atoms with Crippen molar-refractivity contribution in [2.24, 2.45) is 5.92 Å². The van der Waals surface area contributed by atoms with Gasteiger partial charge in [0.25, 0.3) is 5.91 Å². The largest absolute Gasteiger partial charge is 0.416 e. The average molecular weight is 529 g/mol. The number of nitrogens with zero attached hydrogens (tertiary/aromatic N) is 1. The summed E-state index contributed by atoms with van der Waals surface area (Å²) in [6, 6.07) is 7.80. The molecule has 2 heterocycles. The number of benzene rings is 2. The topological polar surface area (TPSA) is 92.8 Å². The Hall–Kier alpha value is -2.99. The lowest BCUT2D eigenvalue weighted by Gasteiger charge is -2.36. The molecule has 2 aromatic rings. The molecule has 12 heteroatoms. The van der Waals surface area contributed by atoms with Crippen LogP contribution in [0.5, 0.6) is 0 Å². The van der Waals surface area contributed by atoms with E-state index < -0.39 is 51.6 Å². The number of sulfone groups is 1. The van der Waals surface area contributed by atoms with Crippen molar-refractivity contribution < 1.29 is 40.3 Å². The van der Waals surface area contributed by atoms with E-state index in [9.17, 15) is 35.6 Å². The van der Waals surface area contributed by atoms with E-state index >= 15 is 0 Å². The second-order valence-corrected chi connectivity index (χ2v) is 11.0. The number of hydrogen-bond donors (Lipinski definition) is 1. The Morgan fingerprint density at radius 2 is 1.78 bits per heavy atom. The SMILES string of the molecule is CS(=O)(=O)c1cccc(C(=O)N2C[C@@H](F)CC2C(=O)N[C@@H](c2ccc(C(F)(F)F)cc2)C2COC2)c1. The maximum atomic E-state index is 14.4. The smallest absolute Gasteiger partial charge is 0.381 e. The van der Waals surface area contributed by atoms with E-state index in [1.165, 1.54) is 36.4 Å². The number of ether oxygens (including phenoxy) is 1. The van der Waals surface area contributed by atoms with Crippen LogP contribution in [0.2, 0.25) is 0 Å². The van der Waals surface area contributed by atoms with Gasteiger partial charge in [-0.2, -0.15) is 13.2 Å². The van der Waals surface area contributed by atoms with Crippen molar-refractivity contribution in [1.82, 2.24) is 10.2 Å². The zero-order valence-corrected chi connectivity index (χ0v) is 20.0. The molecular weight excluding hydrogens is 504 g/mol. The highest BCUT2D eigenvalue weighted by molar-refractivity contribution is 7.90. The zero-order valence-electron chi connectivity index (χ0n) is 19.2. The molecule has 0 radical (unpaired) electrons. The third-order valence-corrected chi connectivity index (χ3v) is 7.46. The second kappa shape index (κ2) is 9.81. The number of halogens is 4. The molecule has 36 heavy (non-hydrogen) atoms. The summed E-state index contributed by atoms with van der Waals surface area (Å²) in [5.41, 5.74) is -0.403. The average Bonchev–Trinajstić information content (AvgIpc) is 3.17. The Labute approximate surface area is 205 Å². The molecule has 7 nitrogen and oxygen atoms in total. The lowest BCUT2D eigenvalue weighted by molar-refractivity contribution is -0.137. The molecule has 0 aliphatic carbocycles. The maximum Gasteiger partial charge on any atom is 0.416 e. The predicted octanol–water partition coefficient (Wildman–Crippen LogP) is 3.17. The minimum absolute atomic E-state index is 0.00323. The van der Waals surface area contributed by atoms with Crippen LogP contribution in [0.1, 0.15) is 33.9 Å². The minimum atomic E-state index is -4.51. The first-order valence-corrected chi connectivity index (χ1v) is 13.0. The second-order valence-electron chi connectivity index (χ2n) is 9.01. The summed E-state index contributed by atoms with van der Waals surface area (Å²) >= 11 is 0. The van der Waals surface area contributed by atoms with Gasteiger partial charge in [0.05, 0.1) is 36.3 Å². The van der Waals surface area contributed by atoms with Gasteiger partial charge in [0, 0.05) is 24.2 Å². The molecule has 2 aromatic carbocycles. The number of rotatable bonds is 6. The molecule has 2 saturated heterocycles. The summed E-state index contributed by atoms with van der Waals surface area (Å²) in [5.74, 6) is -1.55. The molecule has 194 valence electrons. The first kappa shape index (κ1) is 26.1. The molecule has 1 unspecified atom stereocenters. The first-order chi connectivity index (χ1) is 16.8. The molecule has 0 spiro atoms. The number of amides is 2. The molecule has 3 atom stereocenters. The fourth-order valence-electron chi connectivity index (χ4n) is 4.33. The van der Waals surface area contributed by atoms with Gasteiger partial charge in [-0.1, -0.05) is 18.2 Å². The Morgan fingerprint density at radius 3 is 2.33 bits per heavy atom. The van der Waals surface area contributed by atoms with E-state index in [4.69, 9.17) is 4.74 Å². The van der Waals surface area contributed by atoms with E-state index in [1.54, 1.807) is 0 Å². The zero-order chi connectivity index (χ0) is 26.3. The standard InChI is InChI=1S/C24H24F4N2O5S/c1-36(33,34)19-4-2-3-15(9-19)23(32)30-11-18(25)10-20(30)22(31)29-21(16-12-35-13-16)14-5-7-17(8-6-14)24(26,27)28/h2-9,16,18,20-21H,10-13H2,1H3,(H,29,31)/t18-,20?,21-/m0/s1. The highest BCUT2D eigenvalue weighted by Crippen LogP contribution is 2.33. The summed E-state index contributed by atoms with van der Waals surface area (Å²) in [7, 11) is -3.59. The summed E-state index contributed by atoms with van der Waals surface area (Å²) in [6.07, 6.45) is -5.25. The normalized spacial score (nSPS) is 21.6. The molecule has 1 N–H and O–H groups in total. The highest BCUT2D eigenvalue weighted by atomic mass is 32.2. The van der Waals surface area contributed by atoms with Gasteiger partial charge >= 0.3 is 6.18 Å². The van der Waals surface area contributed by atoms with Crippen LogP contribution in [0.15, 0.2) is 53.4 Å². The van der Waals surface area contributed by atoms with Crippen LogP contribution in [-0.2, 0) is 25.5 Å². The molecule has 2 fully saturated rings. The number of nitrogens with one attached hydrogen (secondary N) is 1. The lowest BCUT2D eigenvalue weighted by Crippen LogP contribution is -2.50. The van der Waals surface area contributed by atoms with Gasteiger partial charge in [-0.3, -0.25) is 9.59 Å². The fraction of sp³-hybridized carbons (Fsp3) is 0.417. The van der Waals surface area contributed by atoms with Gasteiger partial charge in [0.2, 0.25) is 5.91 Å². The van der Waals surface area contributed by atoms with Crippen LogP contribution in [0.4, 0.5) is 17.6 Å². The van der Waals surface area contributed by atoms with Crippen molar-refractivity contribution in [1.29, 1.82) is 0 Å². The van der Waals surface area contributed by atoms with Gasteiger partial charge in [-0.05, 0) is 35.9 Å². The van der Waals surface area contributed by atoms with Gasteiger partial charge < -0.3 is 15.0 Å². The Morgan fingerprint density at radius 1 is 1.11 bits per heavy atom. The van der Waals surface area contributed by atoms with Crippen LogP contribution >= 0.6 is 0 Å². The summed E-state index contributed by atoms with van der Waals surface area (Å²) in [5, 5.41) is 2.77. The molecule has 2 amide bonds. The van der Waals surface area contributed by atoms with Crippen molar-refractivity contribution in [3.8, 4) is 0 Å². The third-order valence-electron chi connectivity index (χ3n) is 6.35. The number of carbonyl (C=O) groups is 2. The lowest BCUT2D eigenvalue weighted by atomic mass is 9.90. The third kappa shape index (κ3) is 5.54. The van der Waals surface area contributed by atoms with Crippen molar-refractivity contribution in [3.05, 3.63) is 65.2 Å². The molecule has 4 rings (SSSR count). The van der Waals surface area contributed by atoms with Crippen LogP contribution in [0, 0.1) is 5.92 Å². The summed E-state index contributed by atoms with van der Waals surface area (Å²) < 4.78 is 82.2. The number of hydrogen-bond acceptors (Lipinski definition) is 5. The molecule has 0 saturated carbocycles. The number of alkyl halides is 4. The van der Waals surface area contributed by atoms with Crippen LogP contribution in [0.3, 0.4) is 0 Å². The van der Waals surface area contributed by atoms with Gasteiger partial charge in [-0.15, -0.1) is 0 Å². The van der Waals surface area contributed by atoms with Crippen LogP contribution in [-0.4, -0.2) is 63.4 Å². The molecule has 2 aliphatic heterocycles. The van der Waals surface area contributed by atoms with Crippen LogP contribution < -0.4 is 5.32 Å². The van der Waals surface area contributed by atoms with E-state index in [2.05, 4.69) is 5.32 Å². The van der Waals surface area contributed by atoms with Crippen molar-refractivity contribution in [2.45, 2.75) is 35.7 Å². The van der Waals surface area contributed by atoms with Crippen molar-refractivity contribution >= 4 is 21.7 Å². The highest BCUT2D eigenvalue weighted by Gasteiger charge is 2.42. The molecular formula is C24H24F4N2O5S. The Kier molecular flexibility index (Phi) is 7.11. The van der Waals surface area contributed by atoms with Crippen LogP contribution in [0.25, 0.3) is 0 Å². The Bertz CT molecular complexity index is 1250. The predicted molar refractivity (Wildman–Crippen MR) is 121 cm³/mol. The van der Waals surface area contributed by atoms with Gasteiger partial charge in [-0.25, -0.2) is 12.8 Å². The first-order valence-electron chi connectivity index (χ1n) is 11.1. The molecule has 0 bridgehead atoms. The number of carbonyl (C=O) groups excluding carboxylic acids is 2. The molecule has 0 aromatic heterocycles. The van der Waals surface area contributed by atoms with Crippen molar-refractivity contribution in [3.63, 3.8) is 0 Å². The van der Waals surface area contributed by atoms with Gasteiger partial charge in [0.15, 0.2) is 9.84 Å². The van der Waals surface area contributed by atoms with Gasteiger partial charge in [0.1, 0.15) is 12.2 Å². The van der Waals surface area contributed by atoms with E-state index in [0.717, 1.165) is 23.3 Å². The molecule has 2 aliphatic rings. The monoisotopic (exact) mass is 528 g/mol. The minimum Gasteiger partial charge on any atom is -0.381 e. The van der Waals surface area contributed by atoms with E-state index in [1.807, 2.05) is 0 Å². The number of likely N-dealkylation sites (tertiary alicyclic amines) is 1. The Balaban J connectivity index is 1.55. The van der Waals surface area contributed by atoms with E-state index in [-0.39, 0.29) is 42.6 Å². The summed E-state index contributed by atoms with van der Waals surface area (Å²) in [6.45, 7) is 0.212. The van der Waals surface area contributed by atoms with E-state index in [0.29, 0.717) is 5.56 Å². The maximum absolute atomic E-state index is 14.4. The quantitative estimate of drug-likeness (QED) is 0.582.